The lowest BCUT2D eigenvalue weighted by Crippen LogP contribution is -2.63. The van der Waals surface area contributed by atoms with E-state index >= 15 is 0 Å². The monoisotopic (exact) mass is 434 g/mol. The Balaban J connectivity index is 1.29. The fraction of sp³-hybridized carbons (Fsp3) is 0.960. The predicted octanol–water partition coefficient (Wildman–Crippen LogP) is 2.43. The molecule has 3 aliphatic heterocycles. The van der Waals surface area contributed by atoms with Crippen molar-refractivity contribution < 1.29 is 9.53 Å². The highest BCUT2D eigenvalue weighted by Gasteiger charge is 2.43. The van der Waals surface area contributed by atoms with E-state index in [0.717, 1.165) is 24.9 Å². The molecule has 31 heavy (non-hydrogen) atoms. The summed E-state index contributed by atoms with van der Waals surface area (Å²) < 4.78 is 6.01. The summed E-state index contributed by atoms with van der Waals surface area (Å²) in [5.41, 5.74) is 0. The number of amides is 1. The second-order valence-corrected chi connectivity index (χ2v) is 10.8. The van der Waals surface area contributed by atoms with Gasteiger partial charge in [0.05, 0.1) is 12.1 Å². The number of ether oxygens (including phenoxy) is 1. The van der Waals surface area contributed by atoms with Crippen LogP contribution in [-0.4, -0.2) is 98.3 Å². The summed E-state index contributed by atoms with van der Waals surface area (Å²) in [4.78, 5) is 19.8. The highest BCUT2D eigenvalue weighted by atomic mass is 16.5. The van der Waals surface area contributed by atoms with Gasteiger partial charge in [0.15, 0.2) is 0 Å². The summed E-state index contributed by atoms with van der Waals surface area (Å²) in [5, 5.41) is 3.88. The van der Waals surface area contributed by atoms with Crippen LogP contribution in [0.5, 0.6) is 0 Å². The molecular weight excluding hydrogens is 388 g/mol. The van der Waals surface area contributed by atoms with Gasteiger partial charge in [-0.1, -0.05) is 13.8 Å². The van der Waals surface area contributed by atoms with Gasteiger partial charge in [-0.05, 0) is 76.4 Å². The van der Waals surface area contributed by atoms with Gasteiger partial charge in [0.2, 0.25) is 5.91 Å². The maximum atomic E-state index is 12.3. The highest BCUT2D eigenvalue weighted by molar-refractivity contribution is 5.78. The molecule has 4 aliphatic rings. The van der Waals surface area contributed by atoms with Gasteiger partial charge in [0, 0.05) is 51.8 Å². The SMILES string of the molecule is COC1CCC2CCCNC2C1N1CCCN(CC2CCN(C(=O)C(C)C)CC2)CC1. The van der Waals surface area contributed by atoms with E-state index in [1.54, 1.807) is 0 Å². The van der Waals surface area contributed by atoms with Gasteiger partial charge < -0.3 is 19.9 Å². The van der Waals surface area contributed by atoms with Gasteiger partial charge in [-0.25, -0.2) is 0 Å². The average molecular weight is 435 g/mol. The Bertz CT molecular complexity index is 578. The third-order valence-electron chi connectivity index (χ3n) is 8.49. The van der Waals surface area contributed by atoms with Crippen LogP contribution in [0, 0.1) is 17.8 Å². The molecule has 1 N–H and O–H groups in total. The smallest absolute Gasteiger partial charge is 0.225 e. The molecule has 0 aromatic heterocycles. The van der Waals surface area contributed by atoms with Crippen molar-refractivity contribution in [2.75, 3.05) is 59.5 Å². The summed E-state index contributed by atoms with van der Waals surface area (Å²) in [6.45, 7) is 13.1. The Morgan fingerprint density at radius 2 is 1.77 bits per heavy atom. The van der Waals surface area contributed by atoms with Gasteiger partial charge in [-0.15, -0.1) is 0 Å². The molecule has 6 heteroatoms. The van der Waals surface area contributed by atoms with Gasteiger partial charge in [-0.3, -0.25) is 9.69 Å². The number of rotatable bonds is 5. The summed E-state index contributed by atoms with van der Waals surface area (Å²) in [7, 11) is 1.92. The molecule has 1 saturated carbocycles. The lowest BCUT2D eigenvalue weighted by Gasteiger charge is -2.49. The maximum absolute atomic E-state index is 12.3. The Kier molecular flexibility index (Phi) is 8.29. The van der Waals surface area contributed by atoms with Crippen LogP contribution in [0.1, 0.15) is 58.8 Å². The molecule has 0 bridgehead atoms. The molecule has 0 aromatic carbocycles. The number of carbonyl (C=O) groups is 1. The minimum Gasteiger partial charge on any atom is -0.380 e. The summed E-state index contributed by atoms with van der Waals surface area (Å²) in [6.07, 6.45) is 9.24. The Hall–Kier alpha value is -0.690. The number of nitrogens with zero attached hydrogens (tertiary/aromatic N) is 3. The number of hydrogen-bond acceptors (Lipinski definition) is 5. The summed E-state index contributed by atoms with van der Waals surface area (Å²) in [5.74, 6) is 2.04. The van der Waals surface area contributed by atoms with E-state index in [0.29, 0.717) is 24.1 Å². The van der Waals surface area contributed by atoms with Crippen molar-refractivity contribution in [3.63, 3.8) is 0 Å². The summed E-state index contributed by atoms with van der Waals surface area (Å²) >= 11 is 0. The minimum atomic E-state index is 0.127. The molecule has 178 valence electrons. The second kappa shape index (κ2) is 11.0. The van der Waals surface area contributed by atoms with Gasteiger partial charge in [0.25, 0.3) is 0 Å². The molecule has 0 spiro atoms. The van der Waals surface area contributed by atoms with Crippen LogP contribution in [-0.2, 0) is 9.53 Å². The van der Waals surface area contributed by atoms with Gasteiger partial charge in [-0.2, -0.15) is 0 Å². The zero-order valence-electron chi connectivity index (χ0n) is 20.2. The number of carbonyl (C=O) groups excluding carboxylic acids is 1. The number of fused-ring (bicyclic) bond motifs is 1. The molecule has 3 heterocycles. The molecule has 1 aliphatic carbocycles. The normalized spacial score (nSPS) is 34.5. The molecule has 1 amide bonds. The number of methoxy groups -OCH3 is 1. The van der Waals surface area contributed by atoms with Crippen molar-refractivity contribution in [2.24, 2.45) is 17.8 Å². The van der Waals surface area contributed by atoms with Crippen LogP contribution in [0.4, 0.5) is 0 Å². The van der Waals surface area contributed by atoms with Crippen LogP contribution in [0.3, 0.4) is 0 Å². The van der Waals surface area contributed by atoms with Crippen molar-refractivity contribution in [3.05, 3.63) is 0 Å². The van der Waals surface area contributed by atoms with Crippen molar-refractivity contribution >= 4 is 5.91 Å². The summed E-state index contributed by atoms with van der Waals surface area (Å²) in [6, 6.07) is 1.15. The molecule has 4 unspecified atom stereocenters. The Morgan fingerprint density at radius 3 is 2.52 bits per heavy atom. The first-order valence-electron chi connectivity index (χ1n) is 13.1. The quantitative estimate of drug-likeness (QED) is 0.720. The lowest BCUT2D eigenvalue weighted by molar-refractivity contribution is -0.135. The Labute approximate surface area is 190 Å². The van der Waals surface area contributed by atoms with E-state index in [1.165, 1.54) is 84.2 Å². The predicted molar refractivity (Wildman–Crippen MR) is 125 cm³/mol. The van der Waals surface area contributed by atoms with Crippen molar-refractivity contribution in [1.82, 2.24) is 20.0 Å². The first-order chi connectivity index (χ1) is 15.1. The van der Waals surface area contributed by atoms with Crippen molar-refractivity contribution in [3.8, 4) is 0 Å². The molecule has 6 nitrogen and oxygen atoms in total. The van der Waals surface area contributed by atoms with E-state index in [2.05, 4.69) is 20.0 Å². The number of likely N-dealkylation sites (tertiary alicyclic amines) is 1. The minimum absolute atomic E-state index is 0.127. The first-order valence-corrected chi connectivity index (χ1v) is 13.1. The zero-order valence-corrected chi connectivity index (χ0v) is 20.2. The van der Waals surface area contributed by atoms with Crippen LogP contribution in [0.2, 0.25) is 0 Å². The Morgan fingerprint density at radius 1 is 0.968 bits per heavy atom. The van der Waals surface area contributed by atoms with Crippen LogP contribution in [0.25, 0.3) is 0 Å². The first kappa shape index (κ1) is 23.5. The fourth-order valence-electron chi connectivity index (χ4n) is 6.74. The zero-order chi connectivity index (χ0) is 21.8. The lowest BCUT2D eigenvalue weighted by atomic mass is 9.74. The number of nitrogens with one attached hydrogen (secondary N) is 1. The average Bonchev–Trinajstić information content (AvgIpc) is 3.03. The molecular formula is C25H46N4O2. The van der Waals surface area contributed by atoms with Crippen molar-refractivity contribution in [2.45, 2.75) is 77.0 Å². The topological polar surface area (TPSA) is 48.1 Å². The molecule has 4 fully saturated rings. The molecule has 4 rings (SSSR count). The van der Waals surface area contributed by atoms with E-state index < -0.39 is 0 Å². The van der Waals surface area contributed by atoms with E-state index in [9.17, 15) is 4.79 Å². The van der Waals surface area contributed by atoms with Gasteiger partial charge >= 0.3 is 0 Å². The van der Waals surface area contributed by atoms with Crippen LogP contribution >= 0.6 is 0 Å². The second-order valence-electron chi connectivity index (χ2n) is 10.8. The van der Waals surface area contributed by atoms with Gasteiger partial charge in [0.1, 0.15) is 0 Å². The third-order valence-corrected chi connectivity index (χ3v) is 8.49. The number of hydrogen-bond donors (Lipinski definition) is 1. The van der Waals surface area contributed by atoms with Crippen molar-refractivity contribution in [1.29, 1.82) is 0 Å². The van der Waals surface area contributed by atoms with E-state index in [1.807, 2.05) is 21.0 Å². The largest absolute Gasteiger partial charge is 0.380 e. The highest BCUT2D eigenvalue weighted by Crippen LogP contribution is 2.35. The molecule has 3 saturated heterocycles. The van der Waals surface area contributed by atoms with Crippen LogP contribution in [0.15, 0.2) is 0 Å². The standard InChI is InChI=1S/C25H46N4O2/c1-19(2)25(30)29-14-9-20(10-15-29)18-27-12-5-13-28(17-16-27)24-22(31-3)8-7-21-6-4-11-26-23(21)24/h19-24,26H,4-18H2,1-3H3. The van der Waals surface area contributed by atoms with E-state index in [4.69, 9.17) is 4.74 Å². The third kappa shape index (κ3) is 5.63. The molecule has 4 atom stereocenters. The molecule has 0 radical (unpaired) electrons. The van der Waals surface area contributed by atoms with Crippen LogP contribution < -0.4 is 5.32 Å². The fourth-order valence-corrected chi connectivity index (χ4v) is 6.74. The molecule has 0 aromatic rings. The number of piperidine rings is 2. The maximum Gasteiger partial charge on any atom is 0.225 e. The van der Waals surface area contributed by atoms with E-state index in [-0.39, 0.29) is 5.92 Å².